The average Bonchev–Trinajstić information content (AvgIpc) is 1.46. The van der Waals surface area contributed by atoms with E-state index in [4.69, 9.17) is 8.75 Å². The summed E-state index contributed by atoms with van der Waals surface area (Å²) in [6.45, 7) is 23.5. The predicted molar refractivity (Wildman–Crippen MR) is 475 cm³/mol. The van der Waals surface area contributed by atoms with Gasteiger partial charge in [-0.3, -0.25) is 4.79 Å². The van der Waals surface area contributed by atoms with E-state index in [1.807, 2.05) is 40.9 Å². The molecular formula is C105H106N2OS4. The summed E-state index contributed by atoms with van der Waals surface area (Å²) in [7, 11) is 0. The number of fused-ring (bicyclic) bond motifs is 10. The maximum atomic E-state index is 12.6. The average molecular weight is 1540 g/mol. The molecular weight excluding hydrogens is 1430 g/mol. The topological polar surface area (TPSA) is 42.9 Å². The number of hydrogen-bond donors (Lipinski definition) is 0. The van der Waals surface area contributed by atoms with Gasteiger partial charge in [-0.25, -0.2) is 0 Å². The number of nitrogens with zero attached hydrogens (tertiary/aromatic N) is 2. The Hall–Kier alpha value is -7.91. The van der Waals surface area contributed by atoms with E-state index in [2.05, 4.69) is 237 Å². The molecule has 4 aromatic heterocycles. The van der Waals surface area contributed by atoms with Crippen LogP contribution in [0.2, 0.25) is 0 Å². The lowest BCUT2D eigenvalue weighted by Gasteiger charge is -2.67. The Kier molecular flexibility index (Phi) is 16.7. The molecule has 0 saturated heterocycles. The standard InChI is InChI=1S/C105H106N2OS4/c1-10-44-101-54-18-56-102(45-11-2,57-19-55-101)105(101)87-62-72(28-34-79(87)80-36-30-74(64-88(80)105)92-42-43-94(111-92)82-38-37-81(93-39-20-66(7)109-93)95-96(82)107-112-106-95)71-27-33-78-77-32-26-70(60-85(77)104(86(78)61-71)99(12-3)50-16-52-100(104,13-4)53-17-51-99)69-25-31-75-76-35-29-73(91-41-40-90(110-91)68-23-21-67(22-24-68)58-89(108)65(5)6)63-84(76)103(83(75)59-69)97(8)46-14-48-98(103,9)49-15-47-97/h20-43,59-64H,5,10-19,44-58H2,1-4,6-9H3. The molecule has 566 valence electrons. The maximum Gasteiger partial charge on any atom is 0.162 e. The van der Waals surface area contributed by atoms with E-state index in [1.165, 1.54) is 279 Å². The van der Waals surface area contributed by atoms with Crippen molar-refractivity contribution >= 4 is 62.6 Å². The molecule has 112 heavy (non-hydrogen) atoms. The number of Topliss-reactive ketones (excluding diaryl/α,β-unsaturated/α-hetero) is 1. The van der Waals surface area contributed by atoms with E-state index in [-0.39, 0.29) is 54.5 Å². The molecule has 0 aliphatic heterocycles. The number of aromatic nitrogens is 2. The van der Waals surface area contributed by atoms with E-state index in [0.29, 0.717) is 12.0 Å². The first-order valence-electron chi connectivity index (χ1n) is 43.2. The van der Waals surface area contributed by atoms with Crippen molar-refractivity contribution in [3.63, 3.8) is 0 Å². The van der Waals surface area contributed by atoms with Gasteiger partial charge < -0.3 is 0 Å². The second kappa shape index (κ2) is 26.0. The highest BCUT2D eigenvalue weighted by atomic mass is 32.1. The second-order valence-corrected chi connectivity index (χ2v) is 41.3. The fourth-order valence-electron chi connectivity index (χ4n) is 28.6. The molecule has 0 amide bonds. The van der Waals surface area contributed by atoms with Crippen molar-refractivity contribution in [1.82, 2.24) is 8.75 Å². The van der Waals surface area contributed by atoms with Crippen LogP contribution in [0.25, 0.3) is 119 Å². The molecule has 6 fully saturated rings. The van der Waals surface area contributed by atoms with Crippen molar-refractivity contribution in [2.45, 2.75) is 232 Å². The van der Waals surface area contributed by atoms with Crippen molar-refractivity contribution in [2.24, 2.45) is 32.5 Å². The Morgan fingerprint density at radius 1 is 0.357 bits per heavy atom. The van der Waals surface area contributed by atoms with Gasteiger partial charge in [-0.15, -0.1) is 34.0 Å². The van der Waals surface area contributed by atoms with Crippen molar-refractivity contribution in [3.8, 4) is 108 Å². The van der Waals surface area contributed by atoms with Crippen molar-refractivity contribution in [1.29, 1.82) is 0 Å². The highest BCUT2D eigenvalue weighted by Gasteiger charge is 2.72. The van der Waals surface area contributed by atoms with E-state index < -0.39 is 0 Å². The molecule has 9 aliphatic rings. The van der Waals surface area contributed by atoms with E-state index in [1.54, 1.807) is 33.4 Å². The molecule has 6 bridgehead atoms. The summed E-state index contributed by atoms with van der Waals surface area (Å²) in [5, 5.41) is 0. The van der Waals surface area contributed by atoms with E-state index in [0.717, 1.165) is 16.6 Å². The summed E-state index contributed by atoms with van der Waals surface area (Å²) in [5.41, 5.74) is 34.7. The number of carbonyl (C=O) groups is 1. The van der Waals surface area contributed by atoms with Crippen LogP contribution < -0.4 is 0 Å². The largest absolute Gasteiger partial charge is 0.294 e. The van der Waals surface area contributed by atoms with Crippen LogP contribution in [0.1, 0.15) is 246 Å². The lowest BCUT2D eigenvalue weighted by molar-refractivity contribution is -0.114. The fourth-order valence-corrected chi connectivity index (χ4v) is 32.1. The number of rotatable bonds is 16. The molecule has 9 aliphatic carbocycles. The molecule has 7 heteroatoms. The minimum absolute atomic E-state index is 0.101. The van der Waals surface area contributed by atoms with Crippen LogP contribution in [0, 0.1) is 39.4 Å². The van der Waals surface area contributed by atoms with Crippen molar-refractivity contribution < 1.29 is 4.79 Å². The zero-order valence-corrected chi connectivity index (χ0v) is 70.4. The Bertz CT molecular complexity index is 5770. The summed E-state index contributed by atoms with van der Waals surface area (Å²) in [6, 6.07) is 74.7. The monoisotopic (exact) mass is 1540 g/mol. The van der Waals surface area contributed by atoms with Crippen LogP contribution in [-0.4, -0.2) is 14.5 Å². The first-order chi connectivity index (χ1) is 54.5. The minimum atomic E-state index is -0.127. The molecule has 6 saturated carbocycles. The first kappa shape index (κ1) is 71.8. The number of allylic oxidation sites excluding steroid dienone is 1. The summed E-state index contributed by atoms with van der Waals surface area (Å²) < 4.78 is 9.92. The summed E-state index contributed by atoms with van der Waals surface area (Å²) in [4.78, 5) is 20.4. The van der Waals surface area contributed by atoms with Crippen LogP contribution >= 0.6 is 45.7 Å². The predicted octanol–water partition coefficient (Wildman–Crippen LogP) is 30.8. The Morgan fingerprint density at radius 2 is 0.670 bits per heavy atom. The highest BCUT2D eigenvalue weighted by molar-refractivity contribution is 7.19. The molecule has 4 heterocycles. The number of ketones is 1. The summed E-state index contributed by atoms with van der Waals surface area (Å²) in [6.07, 6.45) is 31.1. The van der Waals surface area contributed by atoms with Gasteiger partial charge >= 0.3 is 0 Å². The van der Waals surface area contributed by atoms with Gasteiger partial charge in [-0.2, -0.15) is 8.75 Å². The van der Waals surface area contributed by atoms with Gasteiger partial charge in [0.05, 0.1) is 11.7 Å². The molecule has 0 radical (unpaired) electrons. The minimum Gasteiger partial charge on any atom is -0.294 e. The molecule has 3 nitrogen and oxygen atoms in total. The SMILES string of the molecule is C=C(C)C(=O)Cc1ccc(-c2ccc(-c3ccc4c(c3)C3(c5cc(-c6ccc7c(c6)C6(c8cc(-c9ccc%10c(c9)C9(c%11cc(-c%12ccc(-c%13ccc(-c%14ccc(C)s%14)c%14nsnc%13%14)s%12)ccc%11-%10)C%10(CCC)CCCC9(CCC)CCC%10)ccc8-7)C7(CC)CCCC6(CC)CCC7)ccc5-4)C4(C)CCCC3(C)CCC4)s2)cc1. The zero-order chi connectivity index (χ0) is 76.1. The van der Waals surface area contributed by atoms with Gasteiger partial charge in [0.15, 0.2) is 5.78 Å². The van der Waals surface area contributed by atoms with E-state index >= 15 is 0 Å². The number of hydrogen-bond acceptors (Lipinski definition) is 7. The van der Waals surface area contributed by atoms with Gasteiger partial charge in [0.25, 0.3) is 0 Å². The Balaban J connectivity index is 0.684. The van der Waals surface area contributed by atoms with Crippen LogP contribution in [0.3, 0.4) is 0 Å². The normalized spacial score (nSPS) is 28.0. The lowest BCUT2D eigenvalue weighted by atomic mass is 9.36. The molecule has 0 atom stereocenters. The molecule has 12 aromatic rings. The number of benzene rings is 8. The zero-order valence-electron chi connectivity index (χ0n) is 67.1. The van der Waals surface area contributed by atoms with Crippen LogP contribution in [0.4, 0.5) is 0 Å². The molecule has 8 aromatic carbocycles. The summed E-state index contributed by atoms with van der Waals surface area (Å²) >= 11 is 7.01. The van der Waals surface area contributed by atoms with Gasteiger partial charge in [-0.1, -0.05) is 209 Å². The van der Waals surface area contributed by atoms with E-state index in [9.17, 15) is 4.79 Å². The fraction of sp³-hybridized carbons (Fsp3) is 0.400. The van der Waals surface area contributed by atoms with Crippen LogP contribution in [0.5, 0.6) is 0 Å². The molecule has 3 spiro atoms. The number of thiophene rings is 3. The van der Waals surface area contributed by atoms with Gasteiger partial charge in [-0.05, 0) is 339 Å². The third-order valence-electron chi connectivity index (χ3n) is 32.6. The lowest BCUT2D eigenvalue weighted by Crippen LogP contribution is -2.62. The quantitative estimate of drug-likeness (QED) is 0.0906. The van der Waals surface area contributed by atoms with Crippen molar-refractivity contribution in [3.05, 3.63) is 238 Å². The molecule has 21 rings (SSSR count). The maximum absolute atomic E-state index is 12.6. The van der Waals surface area contributed by atoms with Crippen molar-refractivity contribution in [2.75, 3.05) is 0 Å². The van der Waals surface area contributed by atoms with Gasteiger partial charge in [0.1, 0.15) is 11.0 Å². The third kappa shape index (κ3) is 9.57. The first-order valence-corrected chi connectivity index (χ1v) is 46.4. The Labute approximate surface area is 681 Å². The Morgan fingerprint density at radius 3 is 1.05 bits per heavy atom. The van der Waals surface area contributed by atoms with Crippen LogP contribution in [-0.2, 0) is 27.5 Å². The number of aryl methyl sites for hydroxylation is 1. The van der Waals surface area contributed by atoms with Gasteiger partial charge in [0, 0.05) is 63.1 Å². The summed E-state index contributed by atoms with van der Waals surface area (Å²) in [5.74, 6) is 0.101. The van der Waals surface area contributed by atoms with Gasteiger partial charge in [0.2, 0.25) is 0 Å². The highest BCUT2D eigenvalue weighted by Crippen LogP contribution is 2.80. The molecule has 0 N–H and O–H groups in total. The number of carbonyl (C=O) groups excluding carboxylic acids is 1. The third-order valence-corrected chi connectivity index (χ3v) is 36.5. The second-order valence-electron chi connectivity index (χ2n) is 37.3. The molecule has 0 unspecified atom stereocenters. The smallest absolute Gasteiger partial charge is 0.162 e. The van der Waals surface area contributed by atoms with Crippen LogP contribution in [0.15, 0.2) is 194 Å².